The quantitative estimate of drug-likeness (QED) is 0.882. The molecule has 3 rings (SSSR count). The van der Waals surface area contributed by atoms with Crippen LogP contribution in [0.2, 0.25) is 0 Å². The van der Waals surface area contributed by atoms with Gasteiger partial charge in [0.1, 0.15) is 18.1 Å². The van der Waals surface area contributed by atoms with Gasteiger partial charge in [-0.1, -0.05) is 0 Å². The van der Waals surface area contributed by atoms with Crippen molar-refractivity contribution in [3.63, 3.8) is 0 Å². The predicted molar refractivity (Wildman–Crippen MR) is 84.3 cm³/mol. The molecule has 1 saturated heterocycles. The molecule has 0 saturated carbocycles. The molecule has 0 aliphatic carbocycles. The first kappa shape index (κ1) is 16.6. The van der Waals surface area contributed by atoms with E-state index in [-0.39, 0.29) is 25.0 Å². The molecule has 0 radical (unpaired) electrons. The molecular weight excluding hydrogens is 314 g/mol. The lowest BCUT2D eigenvalue weighted by atomic mass is 9.95. The van der Waals surface area contributed by atoms with Crippen LogP contribution < -0.4 is 9.47 Å². The van der Waals surface area contributed by atoms with Crippen LogP contribution in [0.4, 0.5) is 0 Å². The standard InChI is InChI=1S/C17H21NO6/c1-2-22-13-3-4-14-11(8-13)7-12(10-24-14)16(19)18-5-6-23-15(9-18)17(20)21/h3-4,8,12,15H,2,5-7,9-10H2,1H3,(H,20,21)/t12-,15+/m0/s1. The number of amides is 1. The highest BCUT2D eigenvalue weighted by molar-refractivity contribution is 5.81. The van der Waals surface area contributed by atoms with E-state index in [1.165, 1.54) is 0 Å². The molecule has 7 nitrogen and oxygen atoms in total. The Kier molecular flexibility index (Phi) is 4.89. The number of carboxylic acids is 1. The van der Waals surface area contributed by atoms with Crippen LogP contribution in [-0.2, 0) is 20.7 Å². The second kappa shape index (κ2) is 7.09. The molecule has 7 heteroatoms. The van der Waals surface area contributed by atoms with Crippen LogP contribution in [0.3, 0.4) is 0 Å². The third-order valence-electron chi connectivity index (χ3n) is 4.25. The Labute approximate surface area is 140 Å². The second-order valence-electron chi connectivity index (χ2n) is 5.90. The Bertz CT molecular complexity index is 632. The maximum Gasteiger partial charge on any atom is 0.334 e. The van der Waals surface area contributed by atoms with Gasteiger partial charge in [-0.2, -0.15) is 0 Å². The molecular formula is C17H21NO6. The van der Waals surface area contributed by atoms with Crippen molar-refractivity contribution >= 4 is 11.9 Å². The van der Waals surface area contributed by atoms with Gasteiger partial charge >= 0.3 is 5.97 Å². The Balaban J connectivity index is 1.68. The number of benzene rings is 1. The average Bonchev–Trinajstić information content (AvgIpc) is 2.61. The van der Waals surface area contributed by atoms with Gasteiger partial charge in [0, 0.05) is 6.54 Å². The number of morpholine rings is 1. The first-order valence-corrected chi connectivity index (χ1v) is 8.10. The van der Waals surface area contributed by atoms with Crippen molar-refractivity contribution in [1.29, 1.82) is 0 Å². The van der Waals surface area contributed by atoms with Crippen molar-refractivity contribution in [1.82, 2.24) is 4.90 Å². The van der Waals surface area contributed by atoms with Gasteiger partial charge in [-0.15, -0.1) is 0 Å². The van der Waals surface area contributed by atoms with Crippen molar-refractivity contribution < 1.29 is 28.9 Å². The van der Waals surface area contributed by atoms with Gasteiger partial charge < -0.3 is 24.2 Å². The summed E-state index contributed by atoms with van der Waals surface area (Å²) in [5.74, 6) is 0.0798. The third-order valence-corrected chi connectivity index (χ3v) is 4.25. The highest BCUT2D eigenvalue weighted by Gasteiger charge is 2.34. The zero-order chi connectivity index (χ0) is 17.1. The molecule has 0 bridgehead atoms. The van der Waals surface area contributed by atoms with Gasteiger partial charge in [0.15, 0.2) is 6.10 Å². The molecule has 0 spiro atoms. The minimum Gasteiger partial charge on any atom is -0.494 e. The zero-order valence-electron chi connectivity index (χ0n) is 13.6. The van der Waals surface area contributed by atoms with Crippen LogP contribution in [-0.4, -0.2) is 60.9 Å². The molecule has 130 valence electrons. The minimum absolute atomic E-state index is 0.0799. The fourth-order valence-corrected chi connectivity index (χ4v) is 3.04. The normalized spacial score (nSPS) is 23.1. The number of rotatable bonds is 4. The second-order valence-corrected chi connectivity index (χ2v) is 5.90. The molecule has 1 aromatic rings. The maximum atomic E-state index is 12.7. The number of ether oxygens (including phenoxy) is 3. The third kappa shape index (κ3) is 3.46. The first-order valence-electron chi connectivity index (χ1n) is 8.10. The van der Waals surface area contributed by atoms with E-state index < -0.39 is 12.1 Å². The number of carboxylic acid groups (broad SMARTS) is 1. The van der Waals surface area contributed by atoms with Gasteiger partial charge in [0.25, 0.3) is 0 Å². The Morgan fingerprint density at radius 2 is 2.25 bits per heavy atom. The smallest absolute Gasteiger partial charge is 0.334 e. The molecule has 0 aromatic heterocycles. The monoisotopic (exact) mass is 335 g/mol. The first-order chi connectivity index (χ1) is 11.6. The molecule has 1 amide bonds. The fourth-order valence-electron chi connectivity index (χ4n) is 3.04. The number of carbonyl (C=O) groups excluding carboxylic acids is 1. The molecule has 1 fully saturated rings. The van der Waals surface area contributed by atoms with Crippen molar-refractivity contribution in [2.75, 3.05) is 32.9 Å². The molecule has 2 aliphatic heterocycles. The fraction of sp³-hybridized carbons (Fsp3) is 0.529. The largest absolute Gasteiger partial charge is 0.494 e. The molecule has 1 N–H and O–H groups in total. The van der Waals surface area contributed by atoms with Crippen LogP contribution in [0, 0.1) is 5.92 Å². The van der Waals surface area contributed by atoms with E-state index in [0.29, 0.717) is 26.2 Å². The molecule has 2 heterocycles. The predicted octanol–water partition coefficient (Wildman–Crippen LogP) is 0.948. The van der Waals surface area contributed by atoms with Crippen LogP contribution in [0.5, 0.6) is 11.5 Å². The Morgan fingerprint density at radius 1 is 1.42 bits per heavy atom. The van der Waals surface area contributed by atoms with Gasteiger partial charge in [-0.3, -0.25) is 4.79 Å². The van der Waals surface area contributed by atoms with Crippen molar-refractivity contribution in [3.8, 4) is 11.5 Å². The van der Waals surface area contributed by atoms with E-state index in [9.17, 15) is 9.59 Å². The Hall–Kier alpha value is -2.28. The molecule has 24 heavy (non-hydrogen) atoms. The topological polar surface area (TPSA) is 85.3 Å². The van der Waals surface area contributed by atoms with E-state index in [1.807, 2.05) is 25.1 Å². The van der Waals surface area contributed by atoms with Crippen LogP contribution in [0.1, 0.15) is 12.5 Å². The molecule has 1 aromatic carbocycles. The molecule has 2 aliphatic rings. The van der Waals surface area contributed by atoms with Gasteiger partial charge in [0.2, 0.25) is 5.91 Å². The number of fused-ring (bicyclic) bond motifs is 1. The summed E-state index contributed by atoms with van der Waals surface area (Å²) in [7, 11) is 0. The number of hydrogen-bond donors (Lipinski definition) is 1. The van der Waals surface area contributed by atoms with Gasteiger partial charge in [-0.25, -0.2) is 4.79 Å². The van der Waals surface area contributed by atoms with E-state index in [0.717, 1.165) is 17.1 Å². The van der Waals surface area contributed by atoms with E-state index in [2.05, 4.69) is 0 Å². The summed E-state index contributed by atoms with van der Waals surface area (Å²) in [6.45, 7) is 3.52. The van der Waals surface area contributed by atoms with Crippen LogP contribution >= 0.6 is 0 Å². The van der Waals surface area contributed by atoms with E-state index in [4.69, 9.17) is 19.3 Å². The number of nitrogens with zero attached hydrogens (tertiary/aromatic N) is 1. The highest BCUT2D eigenvalue weighted by atomic mass is 16.5. The summed E-state index contributed by atoms with van der Waals surface area (Å²) in [5, 5.41) is 9.06. The summed E-state index contributed by atoms with van der Waals surface area (Å²) in [4.78, 5) is 25.3. The number of hydrogen-bond acceptors (Lipinski definition) is 5. The summed E-state index contributed by atoms with van der Waals surface area (Å²) in [6.07, 6.45) is -0.395. The van der Waals surface area contributed by atoms with Gasteiger partial charge in [0.05, 0.1) is 25.7 Å². The van der Waals surface area contributed by atoms with Crippen LogP contribution in [0.15, 0.2) is 18.2 Å². The Morgan fingerprint density at radius 3 is 3.00 bits per heavy atom. The lowest BCUT2D eigenvalue weighted by molar-refractivity contribution is -0.161. The summed E-state index contributed by atoms with van der Waals surface area (Å²) >= 11 is 0. The zero-order valence-corrected chi connectivity index (χ0v) is 13.6. The van der Waals surface area contributed by atoms with Crippen molar-refractivity contribution in [2.24, 2.45) is 5.92 Å². The van der Waals surface area contributed by atoms with Crippen molar-refractivity contribution in [3.05, 3.63) is 23.8 Å². The van der Waals surface area contributed by atoms with Crippen LogP contribution in [0.25, 0.3) is 0 Å². The molecule has 0 unspecified atom stereocenters. The SMILES string of the molecule is CCOc1ccc2c(c1)C[C@H](C(=O)N1CCO[C@@H](C(=O)O)C1)CO2. The molecule has 2 atom stereocenters. The number of aliphatic carboxylic acids is 1. The number of carbonyl (C=O) groups is 2. The average molecular weight is 335 g/mol. The highest BCUT2D eigenvalue weighted by Crippen LogP contribution is 2.31. The minimum atomic E-state index is -1.04. The van der Waals surface area contributed by atoms with Gasteiger partial charge in [-0.05, 0) is 37.1 Å². The summed E-state index contributed by atoms with van der Waals surface area (Å²) in [6, 6.07) is 5.61. The lowest BCUT2D eigenvalue weighted by Crippen LogP contribution is -2.51. The van der Waals surface area contributed by atoms with Crippen molar-refractivity contribution in [2.45, 2.75) is 19.4 Å². The summed E-state index contributed by atoms with van der Waals surface area (Å²) in [5.41, 5.74) is 0.939. The van der Waals surface area contributed by atoms with E-state index >= 15 is 0 Å². The van der Waals surface area contributed by atoms with E-state index in [1.54, 1.807) is 4.90 Å². The summed E-state index contributed by atoms with van der Waals surface area (Å²) < 4.78 is 16.4. The lowest BCUT2D eigenvalue weighted by Gasteiger charge is -2.34. The maximum absolute atomic E-state index is 12.7.